The molecule has 0 unspecified atom stereocenters. The molecule has 1 saturated heterocycles. The molecule has 6 heteroatoms. The third kappa shape index (κ3) is 2.14. The molecule has 0 aromatic heterocycles. The van der Waals surface area contributed by atoms with E-state index in [0.29, 0.717) is 19.6 Å². The number of hydrazine groups is 1. The number of allylic oxidation sites excluding steroid dienone is 1. The number of carbonyl (C=O) groups excluding carboxylic acids is 2. The summed E-state index contributed by atoms with van der Waals surface area (Å²) < 4.78 is 0. The van der Waals surface area contributed by atoms with Crippen LogP contribution >= 0.6 is 0 Å². The molecule has 0 radical (unpaired) electrons. The summed E-state index contributed by atoms with van der Waals surface area (Å²) in [5, 5.41) is 1.12. The largest absolute Gasteiger partial charge is 0.353 e. The van der Waals surface area contributed by atoms with Gasteiger partial charge in [-0.3, -0.25) is 10.3 Å². The van der Waals surface area contributed by atoms with Crippen molar-refractivity contribution in [2.24, 2.45) is 0 Å². The molecule has 2 rings (SSSR count). The molecular weight excluding hydrogens is 232 g/mol. The Morgan fingerprint density at radius 3 is 2.78 bits per heavy atom. The first kappa shape index (κ1) is 12.7. The van der Waals surface area contributed by atoms with Gasteiger partial charge in [-0.25, -0.2) is 9.59 Å². The highest BCUT2D eigenvalue weighted by atomic mass is 16.2. The number of carbonyl (C=O) groups is 2. The Balaban J connectivity index is 2.14. The summed E-state index contributed by atoms with van der Waals surface area (Å²) in [6.45, 7) is 5.68. The van der Waals surface area contributed by atoms with E-state index in [1.807, 2.05) is 19.9 Å². The third-order valence-electron chi connectivity index (χ3n) is 3.34. The number of fused-ring (bicyclic) bond motifs is 1. The monoisotopic (exact) mass is 252 g/mol. The maximum atomic E-state index is 12.2. The van der Waals surface area contributed by atoms with Crippen molar-refractivity contribution in [2.45, 2.75) is 33.1 Å². The first-order valence-electron chi connectivity index (χ1n) is 6.56. The van der Waals surface area contributed by atoms with E-state index in [-0.39, 0.29) is 12.1 Å². The van der Waals surface area contributed by atoms with Crippen LogP contribution < -0.4 is 5.43 Å². The average molecular weight is 252 g/mol. The SMILES string of the molecule is CCN(CC)C(=O)N1NC2=CCCCCN2C1=O. The molecule has 18 heavy (non-hydrogen) atoms. The van der Waals surface area contributed by atoms with Crippen molar-refractivity contribution in [1.29, 1.82) is 0 Å². The van der Waals surface area contributed by atoms with Gasteiger partial charge in [0.2, 0.25) is 0 Å². The van der Waals surface area contributed by atoms with Gasteiger partial charge in [0.05, 0.1) is 0 Å². The zero-order valence-electron chi connectivity index (χ0n) is 11.0. The number of nitrogens with zero attached hydrogens (tertiary/aromatic N) is 3. The molecule has 0 atom stereocenters. The Kier molecular flexibility index (Phi) is 3.74. The van der Waals surface area contributed by atoms with Gasteiger partial charge in [0.1, 0.15) is 5.82 Å². The van der Waals surface area contributed by atoms with E-state index >= 15 is 0 Å². The summed E-state index contributed by atoms with van der Waals surface area (Å²) in [5.41, 5.74) is 2.91. The Hall–Kier alpha value is -1.72. The fraction of sp³-hybridized carbons (Fsp3) is 0.667. The van der Waals surface area contributed by atoms with Crippen molar-refractivity contribution in [2.75, 3.05) is 19.6 Å². The maximum Gasteiger partial charge on any atom is 0.353 e. The number of rotatable bonds is 2. The highest BCUT2D eigenvalue weighted by molar-refractivity contribution is 5.95. The van der Waals surface area contributed by atoms with Crippen LogP contribution in [0.15, 0.2) is 11.9 Å². The van der Waals surface area contributed by atoms with Crippen molar-refractivity contribution in [1.82, 2.24) is 20.2 Å². The van der Waals surface area contributed by atoms with Crippen molar-refractivity contribution < 1.29 is 9.59 Å². The summed E-state index contributed by atoms with van der Waals surface area (Å²) in [6, 6.07) is -0.543. The Morgan fingerprint density at radius 2 is 2.11 bits per heavy atom. The van der Waals surface area contributed by atoms with E-state index in [4.69, 9.17) is 0 Å². The van der Waals surface area contributed by atoms with E-state index in [1.54, 1.807) is 9.80 Å². The van der Waals surface area contributed by atoms with Crippen LogP contribution in [0.2, 0.25) is 0 Å². The fourth-order valence-corrected chi connectivity index (χ4v) is 2.24. The normalized spacial score (nSPS) is 19.0. The minimum atomic E-state index is -0.279. The second-order valence-electron chi connectivity index (χ2n) is 4.42. The lowest BCUT2D eigenvalue weighted by Crippen LogP contribution is -2.48. The second-order valence-corrected chi connectivity index (χ2v) is 4.42. The van der Waals surface area contributed by atoms with E-state index in [9.17, 15) is 9.59 Å². The lowest BCUT2D eigenvalue weighted by atomic mass is 10.2. The number of amides is 4. The van der Waals surface area contributed by atoms with Gasteiger partial charge in [0.25, 0.3) is 0 Å². The Labute approximate surface area is 107 Å². The molecule has 4 amide bonds. The molecule has 1 fully saturated rings. The first-order valence-corrected chi connectivity index (χ1v) is 6.56. The fourth-order valence-electron chi connectivity index (χ4n) is 2.24. The van der Waals surface area contributed by atoms with Crippen LogP contribution in [0.3, 0.4) is 0 Å². The van der Waals surface area contributed by atoms with E-state index in [2.05, 4.69) is 5.43 Å². The van der Waals surface area contributed by atoms with Crippen molar-refractivity contribution in [3.8, 4) is 0 Å². The molecule has 2 aliphatic rings. The van der Waals surface area contributed by atoms with Crippen LogP contribution in [-0.2, 0) is 0 Å². The molecule has 0 saturated carbocycles. The quantitative estimate of drug-likeness (QED) is 0.814. The van der Waals surface area contributed by atoms with E-state index in [0.717, 1.165) is 30.1 Å². The number of imide groups is 1. The maximum absolute atomic E-state index is 12.2. The number of hydrogen-bond donors (Lipinski definition) is 1. The summed E-state index contributed by atoms with van der Waals surface area (Å²) in [7, 11) is 0. The number of urea groups is 2. The lowest BCUT2D eigenvalue weighted by Gasteiger charge is -2.23. The molecule has 2 heterocycles. The predicted octanol–water partition coefficient (Wildman–Crippen LogP) is 1.72. The molecule has 6 nitrogen and oxygen atoms in total. The summed E-state index contributed by atoms with van der Waals surface area (Å²) in [4.78, 5) is 27.6. The van der Waals surface area contributed by atoms with Crippen molar-refractivity contribution >= 4 is 12.1 Å². The van der Waals surface area contributed by atoms with Crippen LogP contribution in [0.4, 0.5) is 9.59 Å². The van der Waals surface area contributed by atoms with Gasteiger partial charge in [0.15, 0.2) is 0 Å². The molecule has 0 aromatic rings. The first-order chi connectivity index (χ1) is 8.69. The highest BCUT2D eigenvalue weighted by Gasteiger charge is 2.38. The molecular formula is C12H20N4O2. The van der Waals surface area contributed by atoms with Crippen LogP contribution in [-0.4, -0.2) is 46.5 Å². The second kappa shape index (κ2) is 5.29. The van der Waals surface area contributed by atoms with Gasteiger partial charge in [-0.15, -0.1) is 0 Å². The standard InChI is InChI=1S/C12H20N4O2/c1-3-14(4-2)11(17)16-12(18)15-9-7-5-6-8-10(15)13-16/h8,13H,3-7,9H2,1-2H3. The van der Waals surface area contributed by atoms with Crippen molar-refractivity contribution in [3.05, 3.63) is 11.9 Å². The van der Waals surface area contributed by atoms with Gasteiger partial charge >= 0.3 is 12.1 Å². The third-order valence-corrected chi connectivity index (χ3v) is 3.34. The Morgan fingerprint density at radius 1 is 1.39 bits per heavy atom. The lowest BCUT2D eigenvalue weighted by molar-refractivity contribution is 0.151. The van der Waals surface area contributed by atoms with Crippen LogP contribution in [0.1, 0.15) is 33.1 Å². The van der Waals surface area contributed by atoms with Crippen molar-refractivity contribution in [3.63, 3.8) is 0 Å². The van der Waals surface area contributed by atoms with Gasteiger partial charge < -0.3 is 4.90 Å². The van der Waals surface area contributed by atoms with Gasteiger partial charge in [-0.1, -0.05) is 0 Å². The highest BCUT2D eigenvalue weighted by Crippen LogP contribution is 2.21. The van der Waals surface area contributed by atoms with Gasteiger partial charge in [0, 0.05) is 19.6 Å². The topological polar surface area (TPSA) is 55.9 Å². The zero-order valence-corrected chi connectivity index (χ0v) is 11.0. The number of nitrogens with one attached hydrogen (secondary N) is 1. The Bertz CT molecular complexity index is 376. The minimum Gasteiger partial charge on any atom is -0.323 e. The molecule has 100 valence electrons. The molecule has 2 aliphatic heterocycles. The van der Waals surface area contributed by atoms with Crippen LogP contribution in [0.25, 0.3) is 0 Å². The molecule has 0 spiro atoms. The predicted molar refractivity (Wildman–Crippen MR) is 67.3 cm³/mol. The molecule has 0 aliphatic carbocycles. The van der Waals surface area contributed by atoms with E-state index < -0.39 is 0 Å². The molecule has 1 N–H and O–H groups in total. The van der Waals surface area contributed by atoms with Crippen LogP contribution in [0, 0.1) is 0 Å². The molecule has 0 aromatic carbocycles. The summed E-state index contributed by atoms with van der Waals surface area (Å²) >= 11 is 0. The minimum absolute atomic E-state index is 0.264. The van der Waals surface area contributed by atoms with Gasteiger partial charge in [-0.2, -0.15) is 5.01 Å². The molecule has 0 bridgehead atoms. The van der Waals surface area contributed by atoms with Crippen LogP contribution in [0.5, 0.6) is 0 Å². The van der Waals surface area contributed by atoms with E-state index in [1.165, 1.54) is 0 Å². The van der Waals surface area contributed by atoms with Gasteiger partial charge in [-0.05, 0) is 39.2 Å². The summed E-state index contributed by atoms with van der Waals surface area (Å²) in [5.74, 6) is 0.748. The average Bonchev–Trinajstić information content (AvgIpc) is 2.56. The zero-order chi connectivity index (χ0) is 13.1. The summed E-state index contributed by atoms with van der Waals surface area (Å²) in [6.07, 6.45) is 4.99. The smallest absolute Gasteiger partial charge is 0.323 e. The number of hydrogen-bond acceptors (Lipinski definition) is 3.